The molecule has 0 aromatic heterocycles. The van der Waals surface area contributed by atoms with Gasteiger partial charge in [-0.05, 0) is 24.6 Å². The zero-order chi connectivity index (χ0) is 16.1. The average Bonchev–Trinajstić information content (AvgIpc) is 2.79. The van der Waals surface area contributed by atoms with Crippen molar-refractivity contribution in [1.82, 2.24) is 9.80 Å². The first-order chi connectivity index (χ1) is 10.6. The van der Waals surface area contributed by atoms with E-state index < -0.39 is 11.9 Å². The van der Waals surface area contributed by atoms with E-state index in [1.54, 1.807) is 9.80 Å². The summed E-state index contributed by atoms with van der Waals surface area (Å²) in [6.45, 7) is 1.84. The van der Waals surface area contributed by atoms with Crippen LogP contribution < -0.4 is 4.74 Å². The van der Waals surface area contributed by atoms with Crippen LogP contribution in [0.15, 0.2) is 18.2 Å². The van der Waals surface area contributed by atoms with Crippen molar-refractivity contribution in [2.45, 2.75) is 6.42 Å². The molecule has 0 saturated carbocycles. The summed E-state index contributed by atoms with van der Waals surface area (Å²) < 4.78 is 23.2. The van der Waals surface area contributed by atoms with Crippen molar-refractivity contribution in [3.63, 3.8) is 0 Å². The van der Waals surface area contributed by atoms with Crippen molar-refractivity contribution in [2.24, 2.45) is 0 Å². The summed E-state index contributed by atoms with van der Waals surface area (Å²) in [4.78, 5) is 27.1. The summed E-state index contributed by atoms with van der Waals surface area (Å²) in [7, 11) is 2.70. The summed E-state index contributed by atoms with van der Waals surface area (Å²) in [5.74, 6) is -0.725. The van der Waals surface area contributed by atoms with Gasteiger partial charge in [-0.25, -0.2) is 9.18 Å². The maximum Gasteiger partial charge on any atom is 0.409 e. The van der Waals surface area contributed by atoms with Gasteiger partial charge in [0.25, 0.3) is 5.91 Å². The van der Waals surface area contributed by atoms with Gasteiger partial charge in [-0.2, -0.15) is 0 Å². The lowest BCUT2D eigenvalue weighted by atomic mass is 10.1. The molecule has 0 radical (unpaired) electrons. The van der Waals surface area contributed by atoms with Crippen molar-refractivity contribution >= 4 is 12.0 Å². The predicted octanol–water partition coefficient (Wildman–Crippen LogP) is 1.75. The molecule has 6 nitrogen and oxygen atoms in total. The minimum Gasteiger partial charge on any atom is -0.494 e. The van der Waals surface area contributed by atoms with Crippen LogP contribution in [-0.2, 0) is 4.74 Å². The highest BCUT2D eigenvalue weighted by Gasteiger charge is 2.23. The summed E-state index contributed by atoms with van der Waals surface area (Å²) in [6, 6.07) is 4.14. The van der Waals surface area contributed by atoms with E-state index in [0.29, 0.717) is 32.6 Å². The Hall–Kier alpha value is -2.31. The number of nitrogens with zero attached hydrogens (tertiary/aromatic N) is 2. The lowest BCUT2D eigenvalue weighted by molar-refractivity contribution is 0.0756. The zero-order valence-corrected chi connectivity index (χ0v) is 12.7. The smallest absolute Gasteiger partial charge is 0.409 e. The van der Waals surface area contributed by atoms with E-state index in [-0.39, 0.29) is 17.2 Å². The number of halogens is 1. The number of methoxy groups -OCH3 is 2. The highest BCUT2D eigenvalue weighted by atomic mass is 19.1. The molecule has 120 valence electrons. The number of amides is 2. The highest BCUT2D eigenvalue weighted by Crippen LogP contribution is 2.19. The topological polar surface area (TPSA) is 59.1 Å². The molecule has 2 amide bonds. The van der Waals surface area contributed by atoms with Gasteiger partial charge in [-0.1, -0.05) is 0 Å². The number of rotatable bonds is 2. The molecule has 0 bridgehead atoms. The van der Waals surface area contributed by atoms with Gasteiger partial charge >= 0.3 is 6.09 Å². The monoisotopic (exact) mass is 310 g/mol. The third-order valence-electron chi connectivity index (χ3n) is 3.61. The van der Waals surface area contributed by atoms with E-state index in [9.17, 15) is 14.0 Å². The third-order valence-corrected chi connectivity index (χ3v) is 3.61. The Bertz CT molecular complexity index is 564. The predicted molar refractivity (Wildman–Crippen MR) is 77.5 cm³/mol. The summed E-state index contributed by atoms with van der Waals surface area (Å²) in [6.07, 6.45) is 0.254. The van der Waals surface area contributed by atoms with Gasteiger partial charge in [0.2, 0.25) is 0 Å². The van der Waals surface area contributed by atoms with Crippen molar-refractivity contribution < 1.29 is 23.5 Å². The van der Waals surface area contributed by atoms with Gasteiger partial charge in [0.15, 0.2) is 11.6 Å². The van der Waals surface area contributed by atoms with E-state index in [1.165, 1.54) is 32.4 Å². The largest absolute Gasteiger partial charge is 0.494 e. The number of ether oxygens (including phenoxy) is 2. The molecule has 0 unspecified atom stereocenters. The van der Waals surface area contributed by atoms with Crippen LogP contribution in [0.25, 0.3) is 0 Å². The van der Waals surface area contributed by atoms with Crippen LogP contribution in [0.2, 0.25) is 0 Å². The summed E-state index contributed by atoms with van der Waals surface area (Å²) in [5.41, 5.74) is 0.268. The maximum atomic E-state index is 13.7. The first-order valence-electron chi connectivity index (χ1n) is 7.02. The molecule has 2 rings (SSSR count). The van der Waals surface area contributed by atoms with Crippen LogP contribution in [0.3, 0.4) is 0 Å². The Morgan fingerprint density at radius 2 is 1.77 bits per heavy atom. The van der Waals surface area contributed by atoms with Gasteiger partial charge in [-0.15, -0.1) is 0 Å². The van der Waals surface area contributed by atoms with E-state index in [1.807, 2.05) is 0 Å². The van der Waals surface area contributed by atoms with Crippen molar-refractivity contribution in [3.8, 4) is 5.75 Å². The molecule has 22 heavy (non-hydrogen) atoms. The van der Waals surface area contributed by atoms with E-state index >= 15 is 0 Å². The van der Waals surface area contributed by atoms with Gasteiger partial charge in [0.1, 0.15) is 0 Å². The Morgan fingerprint density at radius 1 is 1.09 bits per heavy atom. The van der Waals surface area contributed by atoms with Crippen molar-refractivity contribution in [1.29, 1.82) is 0 Å². The highest BCUT2D eigenvalue weighted by molar-refractivity contribution is 5.94. The van der Waals surface area contributed by atoms with Crippen molar-refractivity contribution in [3.05, 3.63) is 29.6 Å². The van der Waals surface area contributed by atoms with Gasteiger partial charge in [-0.3, -0.25) is 4.79 Å². The normalized spacial score (nSPS) is 15.2. The number of hydrogen-bond acceptors (Lipinski definition) is 4. The van der Waals surface area contributed by atoms with Gasteiger partial charge < -0.3 is 19.3 Å². The lowest BCUT2D eigenvalue weighted by Gasteiger charge is -2.21. The minimum absolute atomic E-state index is 0.101. The Labute approximate surface area is 128 Å². The van der Waals surface area contributed by atoms with Gasteiger partial charge in [0.05, 0.1) is 14.2 Å². The molecule has 1 saturated heterocycles. The number of carbonyl (C=O) groups excluding carboxylic acids is 2. The van der Waals surface area contributed by atoms with Crippen LogP contribution >= 0.6 is 0 Å². The fourth-order valence-electron chi connectivity index (χ4n) is 2.41. The van der Waals surface area contributed by atoms with E-state index in [4.69, 9.17) is 4.74 Å². The number of hydrogen-bond donors (Lipinski definition) is 0. The summed E-state index contributed by atoms with van der Waals surface area (Å²) >= 11 is 0. The van der Waals surface area contributed by atoms with Crippen LogP contribution in [0.5, 0.6) is 5.75 Å². The molecule has 1 aliphatic rings. The van der Waals surface area contributed by atoms with Crippen LogP contribution in [0.4, 0.5) is 9.18 Å². The Kier molecular flexibility index (Phi) is 5.19. The quantitative estimate of drug-likeness (QED) is 0.835. The molecular weight excluding hydrogens is 291 g/mol. The molecular formula is C15H19FN2O4. The first kappa shape index (κ1) is 16.1. The minimum atomic E-state index is -0.570. The van der Waals surface area contributed by atoms with E-state index in [2.05, 4.69) is 4.74 Å². The molecule has 1 heterocycles. The Morgan fingerprint density at radius 3 is 2.41 bits per heavy atom. The standard InChI is InChI=1S/C15H19FN2O4/c1-21-13-5-4-11(10-12(13)16)14(19)17-6-3-7-18(9-8-17)15(20)22-2/h4-5,10H,3,6-9H2,1-2H3. The molecule has 0 N–H and O–H groups in total. The second-order valence-corrected chi connectivity index (χ2v) is 4.95. The molecule has 7 heteroatoms. The van der Waals surface area contributed by atoms with Crippen LogP contribution in [0.1, 0.15) is 16.8 Å². The SMILES string of the molecule is COC(=O)N1CCCN(C(=O)c2ccc(OC)c(F)c2)CC1. The fourth-order valence-corrected chi connectivity index (χ4v) is 2.41. The molecule has 0 atom stereocenters. The molecule has 1 aliphatic heterocycles. The van der Waals surface area contributed by atoms with Crippen molar-refractivity contribution in [2.75, 3.05) is 40.4 Å². The molecule has 0 spiro atoms. The van der Waals surface area contributed by atoms with Crippen LogP contribution in [-0.4, -0.2) is 62.2 Å². The Balaban J connectivity index is 2.06. The number of carbonyl (C=O) groups is 2. The molecule has 1 fully saturated rings. The fraction of sp³-hybridized carbons (Fsp3) is 0.467. The van der Waals surface area contributed by atoms with E-state index in [0.717, 1.165) is 0 Å². The second kappa shape index (κ2) is 7.11. The average molecular weight is 310 g/mol. The first-order valence-corrected chi connectivity index (χ1v) is 7.02. The third kappa shape index (κ3) is 3.47. The van der Waals surface area contributed by atoms with Crippen LogP contribution in [0, 0.1) is 5.82 Å². The molecule has 1 aromatic carbocycles. The zero-order valence-electron chi connectivity index (χ0n) is 12.7. The van der Waals surface area contributed by atoms with Gasteiger partial charge in [0, 0.05) is 31.7 Å². The lowest BCUT2D eigenvalue weighted by Crippen LogP contribution is -2.37. The maximum absolute atomic E-state index is 13.7. The summed E-state index contributed by atoms with van der Waals surface area (Å²) in [5, 5.41) is 0. The number of benzene rings is 1. The second-order valence-electron chi connectivity index (χ2n) is 4.95. The molecule has 0 aliphatic carbocycles. The molecule has 1 aromatic rings.